The van der Waals surface area contributed by atoms with Crippen LogP contribution in [0.1, 0.15) is 38.5 Å². The minimum absolute atomic E-state index is 0.243. The van der Waals surface area contributed by atoms with Crippen LogP contribution in [0.15, 0.2) is 31.0 Å². The van der Waals surface area contributed by atoms with E-state index in [-0.39, 0.29) is 5.54 Å². The van der Waals surface area contributed by atoms with Crippen LogP contribution in [0.5, 0.6) is 0 Å². The fourth-order valence-corrected chi connectivity index (χ4v) is 6.24. The minimum Gasteiger partial charge on any atom is -0.361 e. The van der Waals surface area contributed by atoms with Crippen LogP contribution in [0.2, 0.25) is 25.7 Å². The van der Waals surface area contributed by atoms with Gasteiger partial charge in [-0.25, -0.2) is 9.97 Å². The van der Waals surface area contributed by atoms with E-state index in [4.69, 9.17) is 9.84 Å². The van der Waals surface area contributed by atoms with Crippen molar-refractivity contribution in [2.75, 3.05) is 19.7 Å². The highest BCUT2D eigenvalue weighted by atomic mass is 28.3. The molecule has 2 aliphatic rings. The SMILES string of the molecule is C[Si](C)(C)CCOCn1ccc2c(-c3cnn(C4(CC#N)CN(C5CCCCC5)C4)c3)ncnc21. The molecule has 5 rings (SSSR count). The molecule has 4 heterocycles. The molecule has 1 aliphatic heterocycles. The largest absolute Gasteiger partial charge is 0.361 e. The van der Waals surface area contributed by atoms with Crippen molar-refractivity contribution in [2.24, 2.45) is 0 Å². The number of nitriles is 1. The van der Waals surface area contributed by atoms with E-state index in [0.717, 1.165) is 48.0 Å². The summed E-state index contributed by atoms with van der Waals surface area (Å²) in [7, 11) is -1.11. The molecule has 0 aromatic carbocycles. The first-order valence-corrected chi connectivity index (χ1v) is 16.6. The zero-order valence-corrected chi connectivity index (χ0v) is 22.3. The molecule has 1 saturated heterocycles. The van der Waals surface area contributed by atoms with Gasteiger partial charge in [-0.3, -0.25) is 9.58 Å². The van der Waals surface area contributed by atoms with E-state index in [1.807, 2.05) is 21.6 Å². The van der Waals surface area contributed by atoms with E-state index in [9.17, 15) is 5.26 Å². The van der Waals surface area contributed by atoms with Crippen LogP contribution in [-0.4, -0.2) is 63.0 Å². The molecule has 2 fully saturated rings. The quantitative estimate of drug-likeness (QED) is 0.314. The zero-order valence-electron chi connectivity index (χ0n) is 21.3. The highest BCUT2D eigenvalue weighted by Gasteiger charge is 2.47. The molecule has 0 radical (unpaired) electrons. The molecule has 0 N–H and O–H groups in total. The van der Waals surface area contributed by atoms with Gasteiger partial charge >= 0.3 is 0 Å². The van der Waals surface area contributed by atoms with Crippen LogP contribution in [0.4, 0.5) is 0 Å². The standard InChI is InChI=1S/C26H37N7OSi/c1-35(2,3)14-13-34-20-31-12-9-23-24(28-19-29-25(23)31)21-15-30-33(16-21)26(10-11-27)17-32(18-26)22-7-5-4-6-8-22/h9,12,15-16,19,22H,4-8,10,13-14,17-18,20H2,1-3H3. The third-order valence-electron chi connectivity index (χ3n) is 7.62. The van der Waals surface area contributed by atoms with Crippen LogP contribution in [0.3, 0.4) is 0 Å². The normalized spacial score (nSPS) is 19.0. The van der Waals surface area contributed by atoms with Gasteiger partial charge < -0.3 is 9.30 Å². The summed E-state index contributed by atoms with van der Waals surface area (Å²) < 4.78 is 10.0. The molecule has 35 heavy (non-hydrogen) atoms. The smallest absolute Gasteiger partial charge is 0.145 e. The van der Waals surface area contributed by atoms with Gasteiger partial charge in [-0.2, -0.15) is 10.4 Å². The first-order valence-electron chi connectivity index (χ1n) is 12.9. The third-order valence-corrected chi connectivity index (χ3v) is 9.32. The molecule has 1 aliphatic carbocycles. The molecule has 9 heteroatoms. The van der Waals surface area contributed by atoms with Crippen molar-refractivity contribution >= 4 is 19.1 Å². The Hall–Kier alpha value is -2.54. The lowest BCUT2D eigenvalue weighted by molar-refractivity contribution is -0.0358. The summed E-state index contributed by atoms with van der Waals surface area (Å²) in [6.07, 6.45) is 14.6. The van der Waals surface area contributed by atoms with Crippen molar-refractivity contribution in [3.8, 4) is 17.3 Å². The molecular weight excluding hydrogens is 454 g/mol. The first kappa shape index (κ1) is 24.2. The Kier molecular flexibility index (Phi) is 6.79. The Morgan fingerprint density at radius 2 is 1.97 bits per heavy atom. The maximum Gasteiger partial charge on any atom is 0.145 e. The van der Waals surface area contributed by atoms with E-state index in [1.54, 1.807) is 6.33 Å². The summed E-state index contributed by atoms with van der Waals surface area (Å²) in [5, 5.41) is 15.3. The molecule has 0 unspecified atom stereocenters. The number of hydrogen-bond acceptors (Lipinski definition) is 6. The second kappa shape index (κ2) is 9.84. The van der Waals surface area contributed by atoms with Crippen molar-refractivity contribution in [1.29, 1.82) is 5.26 Å². The summed E-state index contributed by atoms with van der Waals surface area (Å²) in [6, 6.07) is 6.29. The summed E-state index contributed by atoms with van der Waals surface area (Å²) in [4.78, 5) is 11.7. The number of ether oxygens (including phenoxy) is 1. The lowest BCUT2D eigenvalue weighted by Gasteiger charge is -2.53. The summed E-state index contributed by atoms with van der Waals surface area (Å²) >= 11 is 0. The number of likely N-dealkylation sites (tertiary alicyclic amines) is 1. The van der Waals surface area contributed by atoms with Gasteiger partial charge in [0.1, 0.15) is 24.2 Å². The Morgan fingerprint density at radius 1 is 1.17 bits per heavy atom. The van der Waals surface area contributed by atoms with E-state index in [1.165, 1.54) is 32.1 Å². The minimum atomic E-state index is -1.11. The maximum atomic E-state index is 9.58. The summed E-state index contributed by atoms with van der Waals surface area (Å²) in [5.74, 6) is 0. The van der Waals surface area contributed by atoms with Crippen molar-refractivity contribution in [2.45, 2.75) is 82.5 Å². The van der Waals surface area contributed by atoms with E-state index < -0.39 is 8.07 Å². The second-order valence-electron chi connectivity index (χ2n) is 11.5. The number of aromatic nitrogens is 5. The number of fused-ring (bicyclic) bond motifs is 1. The highest BCUT2D eigenvalue weighted by Crippen LogP contribution is 2.38. The van der Waals surface area contributed by atoms with Crippen LogP contribution in [-0.2, 0) is 17.0 Å². The Morgan fingerprint density at radius 3 is 2.71 bits per heavy atom. The van der Waals surface area contributed by atoms with Crippen LogP contribution in [0, 0.1) is 11.3 Å². The average Bonchev–Trinajstić information content (AvgIpc) is 3.47. The molecule has 0 atom stereocenters. The lowest BCUT2D eigenvalue weighted by Crippen LogP contribution is -2.65. The second-order valence-corrected chi connectivity index (χ2v) is 17.1. The molecule has 3 aromatic rings. The molecular formula is C26H37N7OSi. The van der Waals surface area contributed by atoms with Gasteiger partial charge in [0.2, 0.25) is 0 Å². The molecule has 0 amide bonds. The van der Waals surface area contributed by atoms with Gasteiger partial charge in [0.25, 0.3) is 0 Å². The maximum absolute atomic E-state index is 9.58. The van der Waals surface area contributed by atoms with Crippen molar-refractivity contribution in [3.05, 3.63) is 31.0 Å². The van der Waals surface area contributed by atoms with Crippen LogP contribution >= 0.6 is 0 Å². The molecule has 0 spiro atoms. The zero-order chi connectivity index (χ0) is 24.5. The Bertz CT molecular complexity index is 1190. The predicted molar refractivity (Wildman–Crippen MR) is 140 cm³/mol. The number of hydrogen-bond donors (Lipinski definition) is 0. The fraction of sp³-hybridized carbons (Fsp3) is 0.615. The lowest BCUT2D eigenvalue weighted by atomic mass is 9.82. The monoisotopic (exact) mass is 491 g/mol. The average molecular weight is 492 g/mol. The predicted octanol–water partition coefficient (Wildman–Crippen LogP) is 4.86. The van der Waals surface area contributed by atoms with Crippen molar-refractivity contribution in [1.82, 2.24) is 29.2 Å². The van der Waals surface area contributed by atoms with Gasteiger partial charge in [0.05, 0.1) is 24.4 Å². The molecule has 3 aromatic heterocycles. The highest BCUT2D eigenvalue weighted by molar-refractivity contribution is 6.76. The summed E-state index contributed by atoms with van der Waals surface area (Å²) in [6.45, 7) is 10.1. The Labute approximate surface area is 208 Å². The Balaban J connectivity index is 1.32. The van der Waals surface area contributed by atoms with Crippen LogP contribution < -0.4 is 0 Å². The van der Waals surface area contributed by atoms with E-state index in [0.29, 0.717) is 19.2 Å². The van der Waals surface area contributed by atoms with Gasteiger partial charge in [0.15, 0.2) is 0 Å². The van der Waals surface area contributed by atoms with Gasteiger partial charge in [0, 0.05) is 57.2 Å². The molecule has 186 valence electrons. The van der Waals surface area contributed by atoms with Crippen LogP contribution in [0.25, 0.3) is 22.3 Å². The van der Waals surface area contributed by atoms with Crippen molar-refractivity contribution in [3.63, 3.8) is 0 Å². The topological polar surface area (TPSA) is 84.8 Å². The molecule has 8 nitrogen and oxygen atoms in total. The van der Waals surface area contributed by atoms with E-state index in [2.05, 4.69) is 52.8 Å². The fourth-order valence-electron chi connectivity index (χ4n) is 5.48. The number of rotatable bonds is 9. The van der Waals surface area contributed by atoms with E-state index >= 15 is 0 Å². The molecule has 1 saturated carbocycles. The summed E-state index contributed by atoms with van der Waals surface area (Å²) in [5.41, 5.74) is 2.46. The number of nitrogens with zero attached hydrogens (tertiary/aromatic N) is 7. The van der Waals surface area contributed by atoms with Gasteiger partial charge in [-0.05, 0) is 25.0 Å². The third kappa shape index (κ3) is 5.06. The van der Waals surface area contributed by atoms with Crippen molar-refractivity contribution < 1.29 is 4.74 Å². The van der Waals surface area contributed by atoms with Gasteiger partial charge in [-0.1, -0.05) is 38.9 Å². The first-order chi connectivity index (χ1) is 16.9. The molecule has 0 bridgehead atoms. The van der Waals surface area contributed by atoms with Gasteiger partial charge in [-0.15, -0.1) is 0 Å².